The van der Waals surface area contributed by atoms with E-state index in [4.69, 9.17) is 21.1 Å². The summed E-state index contributed by atoms with van der Waals surface area (Å²) in [5.41, 5.74) is 3.27. The van der Waals surface area contributed by atoms with Gasteiger partial charge in [-0.3, -0.25) is 14.5 Å². The van der Waals surface area contributed by atoms with E-state index in [0.29, 0.717) is 34.4 Å². The molecule has 6 nitrogen and oxygen atoms in total. The Morgan fingerprint density at radius 1 is 1.00 bits per heavy atom. The highest BCUT2D eigenvalue weighted by atomic mass is 35.5. The quantitative estimate of drug-likeness (QED) is 0.260. The van der Waals surface area contributed by atoms with Crippen molar-refractivity contribution in [1.82, 2.24) is 0 Å². The van der Waals surface area contributed by atoms with Crippen molar-refractivity contribution in [3.05, 3.63) is 93.5 Å². The fourth-order valence-electron chi connectivity index (χ4n) is 4.36. The number of nitrogens with zero attached hydrogens (tertiary/aromatic N) is 1. The van der Waals surface area contributed by atoms with E-state index < -0.39 is 17.7 Å². The summed E-state index contributed by atoms with van der Waals surface area (Å²) in [5.74, 6) is -0.625. The highest BCUT2D eigenvalue weighted by molar-refractivity contribution is 6.52. The summed E-state index contributed by atoms with van der Waals surface area (Å²) in [4.78, 5) is 28.1. The summed E-state index contributed by atoms with van der Waals surface area (Å²) < 4.78 is 10.8. The van der Waals surface area contributed by atoms with Gasteiger partial charge < -0.3 is 14.6 Å². The van der Waals surface area contributed by atoms with Crippen LogP contribution in [0.15, 0.2) is 66.2 Å². The number of Topliss-reactive ketones (excluding diaryl/α,β-unsaturated/α-hetero) is 1. The van der Waals surface area contributed by atoms with Gasteiger partial charge in [-0.1, -0.05) is 35.9 Å². The number of ketones is 1. The zero-order valence-electron chi connectivity index (χ0n) is 20.0. The predicted molar refractivity (Wildman–Crippen MR) is 136 cm³/mol. The first-order valence-corrected chi connectivity index (χ1v) is 11.6. The number of amides is 1. The lowest BCUT2D eigenvalue weighted by atomic mass is 9.92. The average molecular weight is 492 g/mol. The normalized spacial score (nSPS) is 17.1. The summed E-state index contributed by atoms with van der Waals surface area (Å²) >= 11 is 6.35. The zero-order valence-corrected chi connectivity index (χ0v) is 20.7. The van der Waals surface area contributed by atoms with Crippen LogP contribution in [0.1, 0.15) is 35.2 Å². The minimum atomic E-state index is -0.840. The van der Waals surface area contributed by atoms with Gasteiger partial charge in [-0.2, -0.15) is 0 Å². The van der Waals surface area contributed by atoms with Crippen LogP contribution in [0.25, 0.3) is 5.76 Å². The molecule has 1 amide bonds. The van der Waals surface area contributed by atoms with Gasteiger partial charge in [-0.15, -0.1) is 0 Å². The standard InChI is InChI=1S/C28H26ClNO5/c1-5-35-22-12-10-18(14-17(22)3)26(31)24-25(20-9-7-6-8-16(20)2)30(28(33)27(24)32)19-11-13-23(34-4)21(29)15-19/h6-15,25,31H,5H2,1-4H3/b26-24+. The molecule has 3 aromatic carbocycles. The van der Waals surface area contributed by atoms with Gasteiger partial charge in [0.15, 0.2) is 0 Å². The third-order valence-electron chi connectivity index (χ3n) is 6.09. The first-order chi connectivity index (χ1) is 16.8. The molecule has 1 saturated heterocycles. The predicted octanol–water partition coefficient (Wildman–Crippen LogP) is 5.99. The molecule has 1 aliphatic heterocycles. The van der Waals surface area contributed by atoms with Crippen LogP contribution in [0.2, 0.25) is 5.02 Å². The lowest BCUT2D eigenvalue weighted by Gasteiger charge is -2.27. The van der Waals surface area contributed by atoms with Crippen LogP contribution in [-0.2, 0) is 9.59 Å². The molecule has 7 heteroatoms. The van der Waals surface area contributed by atoms with Crippen LogP contribution >= 0.6 is 11.6 Å². The number of benzene rings is 3. The first-order valence-electron chi connectivity index (χ1n) is 11.2. The molecule has 0 radical (unpaired) electrons. The van der Waals surface area contributed by atoms with Gasteiger partial charge in [0.05, 0.1) is 30.4 Å². The molecule has 1 aliphatic rings. The van der Waals surface area contributed by atoms with Crippen molar-refractivity contribution in [3.63, 3.8) is 0 Å². The molecule has 35 heavy (non-hydrogen) atoms. The summed E-state index contributed by atoms with van der Waals surface area (Å²) in [7, 11) is 1.50. The topological polar surface area (TPSA) is 76.1 Å². The lowest BCUT2D eigenvalue weighted by Crippen LogP contribution is -2.29. The molecule has 0 aromatic heterocycles. The minimum Gasteiger partial charge on any atom is -0.507 e. The average Bonchev–Trinajstić information content (AvgIpc) is 3.10. The number of ether oxygens (including phenoxy) is 2. The molecule has 3 aromatic rings. The fourth-order valence-corrected chi connectivity index (χ4v) is 4.61. The van der Waals surface area contributed by atoms with E-state index in [9.17, 15) is 14.7 Å². The molecular weight excluding hydrogens is 466 g/mol. The number of aliphatic hydroxyl groups excluding tert-OH is 1. The van der Waals surface area contributed by atoms with Crippen LogP contribution in [0.5, 0.6) is 11.5 Å². The number of carbonyl (C=O) groups excluding carboxylic acids is 2. The molecule has 1 N–H and O–H groups in total. The fraction of sp³-hybridized carbons (Fsp3) is 0.214. The molecule has 0 bridgehead atoms. The van der Waals surface area contributed by atoms with E-state index in [1.54, 1.807) is 36.4 Å². The SMILES string of the molecule is CCOc1ccc(/C(O)=C2\C(=O)C(=O)N(c3ccc(OC)c(Cl)c3)C2c2ccccc2C)cc1C. The largest absolute Gasteiger partial charge is 0.507 e. The van der Waals surface area contributed by atoms with Crippen molar-refractivity contribution >= 4 is 34.7 Å². The number of carbonyl (C=O) groups is 2. The van der Waals surface area contributed by atoms with E-state index in [1.165, 1.54) is 12.0 Å². The smallest absolute Gasteiger partial charge is 0.300 e. The van der Waals surface area contributed by atoms with E-state index in [0.717, 1.165) is 16.7 Å². The van der Waals surface area contributed by atoms with Crippen molar-refractivity contribution in [2.75, 3.05) is 18.6 Å². The van der Waals surface area contributed by atoms with Gasteiger partial charge in [-0.05, 0) is 73.9 Å². The summed E-state index contributed by atoms with van der Waals surface area (Å²) in [6.45, 7) is 6.16. The Morgan fingerprint density at radius 3 is 2.34 bits per heavy atom. The van der Waals surface area contributed by atoms with Gasteiger partial charge in [0, 0.05) is 11.3 Å². The third-order valence-corrected chi connectivity index (χ3v) is 6.38. The van der Waals surface area contributed by atoms with E-state index >= 15 is 0 Å². The summed E-state index contributed by atoms with van der Waals surface area (Å²) in [6.07, 6.45) is 0. The molecule has 4 rings (SSSR count). The molecule has 1 unspecified atom stereocenters. The molecular formula is C28H26ClNO5. The van der Waals surface area contributed by atoms with Crippen LogP contribution in [-0.4, -0.2) is 30.5 Å². The van der Waals surface area contributed by atoms with Gasteiger partial charge in [-0.25, -0.2) is 0 Å². The Morgan fingerprint density at radius 2 is 1.71 bits per heavy atom. The Bertz CT molecular complexity index is 1350. The number of methoxy groups -OCH3 is 1. The number of anilines is 1. The van der Waals surface area contributed by atoms with Crippen molar-refractivity contribution in [2.24, 2.45) is 0 Å². The monoisotopic (exact) mass is 491 g/mol. The van der Waals surface area contributed by atoms with Crippen molar-refractivity contribution in [3.8, 4) is 11.5 Å². The third kappa shape index (κ3) is 4.37. The first kappa shape index (κ1) is 24.4. The number of aliphatic hydroxyl groups is 1. The number of hydrogen-bond donors (Lipinski definition) is 1. The van der Waals surface area contributed by atoms with Gasteiger partial charge in [0.1, 0.15) is 17.3 Å². The van der Waals surface area contributed by atoms with Crippen LogP contribution in [0.4, 0.5) is 5.69 Å². The maximum Gasteiger partial charge on any atom is 0.300 e. The molecule has 1 fully saturated rings. The second-order valence-corrected chi connectivity index (χ2v) is 8.67. The summed E-state index contributed by atoms with van der Waals surface area (Å²) in [6, 6.07) is 16.7. The van der Waals surface area contributed by atoms with E-state index in [1.807, 2.05) is 45.0 Å². The van der Waals surface area contributed by atoms with Gasteiger partial charge in [0.25, 0.3) is 11.7 Å². The van der Waals surface area contributed by atoms with Crippen LogP contribution in [0, 0.1) is 13.8 Å². The maximum absolute atomic E-state index is 13.4. The second kappa shape index (κ2) is 9.84. The number of aryl methyl sites for hydroxylation is 2. The highest BCUT2D eigenvalue weighted by Crippen LogP contribution is 2.44. The maximum atomic E-state index is 13.4. The van der Waals surface area contributed by atoms with Gasteiger partial charge >= 0.3 is 0 Å². The second-order valence-electron chi connectivity index (χ2n) is 8.26. The van der Waals surface area contributed by atoms with Crippen LogP contribution < -0.4 is 14.4 Å². The Hall–Kier alpha value is -3.77. The van der Waals surface area contributed by atoms with E-state index in [-0.39, 0.29) is 11.3 Å². The number of rotatable bonds is 6. The number of halogens is 1. The van der Waals surface area contributed by atoms with Crippen LogP contribution in [0.3, 0.4) is 0 Å². The molecule has 1 heterocycles. The zero-order chi connectivity index (χ0) is 25.3. The van der Waals surface area contributed by atoms with Gasteiger partial charge in [0.2, 0.25) is 0 Å². The molecule has 0 aliphatic carbocycles. The molecule has 0 saturated carbocycles. The molecule has 180 valence electrons. The minimum absolute atomic E-state index is 0.0137. The number of hydrogen-bond acceptors (Lipinski definition) is 5. The van der Waals surface area contributed by atoms with E-state index in [2.05, 4.69) is 0 Å². The Kier molecular flexibility index (Phi) is 6.85. The Labute approximate surface area is 209 Å². The van der Waals surface area contributed by atoms with Crippen molar-refractivity contribution in [1.29, 1.82) is 0 Å². The lowest BCUT2D eigenvalue weighted by molar-refractivity contribution is -0.132. The molecule has 0 spiro atoms. The Balaban J connectivity index is 1.93. The van der Waals surface area contributed by atoms with Crippen molar-refractivity contribution < 1.29 is 24.2 Å². The van der Waals surface area contributed by atoms with Crippen molar-refractivity contribution in [2.45, 2.75) is 26.8 Å². The molecule has 1 atom stereocenters. The highest BCUT2D eigenvalue weighted by Gasteiger charge is 2.47. The summed E-state index contributed by atoms with van der Waals surface area (Å²) in [5, 5.41) is 11.7.